The van der Waals surface area contributed by atoms with Crippen LogP contribution in [0.25, 0.3) is 0 Å². The molecule has 1 aliphatic heterocycles. The lowest BCUT2D eigenvalue weighted by Crippen LogP contribution is -2.33. The minimum Gasteiger partial charge on any atom is -0.316 e. The smallest absolute Gasteiger partial charge is 0 e. The Hall–Kier alpha value is -0.0400. The molecular formula is C11H25N. The summed E-state index contributed by atoms with van der Waals surface area (Å²) < 4.78 is 0. The Kier molecular flexibility index (Phi) is 4.07. The second-order valence-corrected chi connectivity index (χ2v) is 4.09. The molecule has 0 bridgehead atoms. The minimum atomic E-state index is 0. The third-order valence-electron chi connectivity index (χ3n) is 3.18. The van der Waals surface area contributed by atoms with E-state index in [1.54, 1.807) is 0 Å². The molecule has 0 aromatic carbocycles. The summed E-state index contributed by atoms with van der Waals surface area (Å²) >= 11 is 0. The van der Waals surface area contributed by atoms with Crippen molar-refractivity contribution in [3.8, 4) is 0 Å². The summed E-state index contributed by atoms with van der Waals surface area (Å²) in [6, 6.07) is 0. The third kappa shape index (κ3) is 2.22. The lowest BCUT2D eigenvalue weighted by atomic mass is 9.90. The molecule has 1 heterocycles. The van der Waals surface area contributed by atoms with Gasteiger partial charge in [-0.25, -0.2) is 0 Å². The van der Waals surface area contributed by atoms with Gasteiger partial charge in [-0.15, -0.1) is 0 Å². The van der Waals surface area contributed by atoms with Gasteiger partial charge in [-0.05, 0) is 50.1 Å². The molecule has 3 unspecified atom stereocenters. The molecule has 0 amide bonds. The van der Waals surface area contributed by atoms with Crippen LogP contribution in [0, 0.1) is 17.8 Å². The van der Waals surface area contributed by atoms with E-state index in [9.17, 15) is 0 Å². The molecule has 1 saturated heterocycles. The molecule has 1 heteroatoms. The molecule has 1 N–H and O–H groups in total. The SMILES string of the molecule is CC.CC1CC2CCNCC2C1.[HH]. The van der Waals surface area contributed by atoms with Gasteiger partial charge in [0.2, 0.25) is 0 Å². The predicted molar refractivity (Wildman–Crippen MR) is 56.3 cm³/mol. The first kappa shape index (κ1) is 10.0. The molecule has 1 aliphatic carbocycles. The molecule has 0 radical (unpaired) electrons. The maximum Gasteiger partial charge on any atom is 0 e. The van der Waals surface area contributed by atoms with E-state index in [4.69, 9.17) is 0 Å². The highest BCUT2D eigenvalue weighted by Gasteiger charge is 2.33. The molecule has 1 saturated carbocycles. The highest BCUT2D eigenvalue weighted by atomic mass is 14.9. The summed E-state index contributed by atoms with van der Waals surface area (Å²) in [6.45, 7) is 8.97. The molecule has 0 aromatic heterocycles. The average molecular weight is 171 g/mol. The van der Waals surface area contributed by atoms with Gasteiger partial charge in [0.05, 0.1) is 0 Å². The highest BCUT2D eigenvalue weighted by Crippen LogP contribution is 2.38. The molecular weight excluding hydrogens is 146 g/mol. The summed E-state index contributed by atoms with van der Waals surface area (Å²) in [5.41, 5.74) is 0. The Morgan fingerprint density at radius 2 is 1.83 bits per heavy atom. The zero-order valence-corrected chi connectivity index (χ0v) is 8.77. The Morgan fingerprint density at radius 3 is 2.50 bits per heavy atom. The van der Waals surface area contributed by atoms with Crippen molar-refractivity contribution in [2.75, 3.05) is 13.1 Å². The van der Waals surface area contributed by atoms with E-state index in [-0.39, 0.29) is 1.43 Å². The van der Waals surface area contributed by atoms with E-state index >= 15 is 0 Å². The van der Waals surface area contributed by atoms with Crippen LogP contribution in [0.1, 0.15) is 41.5 Å². The Labute approximate surface area is 78.4 Å². The van der Waals surface area contributed by atoms with Crippen LogP contribution in [0.15, 0.2) is 0 Å². The van der Waals surface area contributed by atoms with Crippen LogP contribution in [-0.2, 0) is 0 Å². The number of rotatable bonds is 0. The number of fused-ring (bicyclic) bond motifs is 1. The number of piperidine rings is 1. The van der Waals surface area contributed by atoms with Crippen LogP contribution in [0.5, 0.6) is 0 Å². The van der Waals surface area contributed by atoms with E-state index in [0.717, 1.165) is 17.8 Å². The molecule has 0 aromatic rings. The molecule has 0 spiro atoms. The Balaban J connectivity index is 0.000000451. The van der Waals surface area contributed by atoms with Gasteiger partial charge in [0, 0.05) is 1.43 Å². The Bertz CT molecular complexity index is 113. The van der Waals surface area contributed by atoms with Crippen LogP contribution in [0.2, 0.25) is 0 Å². The van der Waals surface area contributed by atoms with Crippen LogP contribution in [0.4, 0.5) is 0 Å². The Morgan fingerprint density at radius 1 is 1.17 bits per heavy atom. The van der Waals surface area contributed by atoms with E-state index < -0.39 is 0 Å². The van der Waals surface area contributed by atoms with Gasteiger partial charge in [-0.1, -0.05) is 20.8 Å². The first-order chi connectivity index (χ1) is 5.86. The van der Waals surface area contributed by atoms with Crippen molar-refractivity contribution in [2.45, 2.75) is 40.0 Å². The molecule has 3 atom stereocenters. The van der Waals surface area contributed by atoms with E-state index in [1.165, 1.54) is 32.4 Å². The summed E-state index contributed by atoms with van der Waals surface area (Å²) in [5, 5.41) is 3.48. The first-order valence-corrected chi connectivity index (χ1v) is 5.57. The summed E-state index contributed by atoms with van der Waals surface area (Å²) in [4.78, 5) is 0. The van der Waals surface area contributed by atoms with E-state index in [2.05, 4.69) is 12.2 Å². The van der Waals surface area contributed by atoms with Gasteiger partial charge >= 0.3 is 0 Å². The van der Waals surface area contributed by atoms with Gasteiger partial charge < -0.3 is 5.32 Å². The fourth-order valence-electron chi connectivity index (χ4n) is 2.69. The summed E-state index contributed by atoms with van der Waals surface area (Å²) in [6.07, 6.45) is 4.43. The quantitative estimate of drug-likeness (QED) is 0.591. The second-order valence-electron chi connectivity index (χ2n) is 4.09. The molecule has 2 aliphatic rings. The van der Waals surface area contributed by atoms with Crippen molar-refractivity contribution >= 4 is 0 Å². The van der Waals surface area contributed by atoms with Crippen molar-refractivity contribution in [3.63, 3.8) is 0 Å². The standard InChI is InChI=1S/C9H17N.C2H6.H2/c1-7-4-8-2-3-10-6-9(8)5-7;1-2;/h7-10H,2-6H2,1H3;1-2H3;1H. The maximum absolute atomic E-state index is 3.48. The lowest BCUT2D eigenvalue weighted by molar-refractivity contribution is 0.295. The van der Waals surface area contributed by atoms with Crippen LogP contribution < -0.4 is 5.32 Å². The zero-order chi connectivity index (χ0) is 8.97. The molecule has 2 rings (SSSR count). The minimum absolute atomic E-state index is 0. The number of hydrogen-bond acceptors (Lipinski definition) is 1. The van der Waals surface area contributed by atoms with Crippen molar-refractivity contribution < 1.29 is 1.43 Å². The fraction of sp³-hybridized carbons (Fsp3) is 1.00. The fourth-order valence-corrected chi connectivity index (χ4v) is 2.69. The van der Waals surface area contributed by atoms with Gasteiger partial charge in [-0.2, -0.15) is 0 Å². The van der Waals surface area contributed by atoms with E-state index in [0.29, 0.717) is 0 Å². The summed E-state index contributed by atoms with van der Waals surface area (Å²) in [5.74, 6) is 3.12. The third-order valence-corrected chi connectivity index (χ3v) is 3.18. The maximum atomic E-state index is 3.48. The second kappa shape index (κ2) is 4.86. The van der Waals surface area contributed by atoms with Crippen molar-refractivity contribution in [1.29, 1.82) is 0 Å². The lowest BCUT2D eigenvalue weighted by Gasteiger charge is -2.25. The van der Waals surface area contributed by atoms with Crippen molar-refractivity contribution in [3.05, 3.63) is 0 Å². The van der Waals surface area contributed by atoms with Gasteiger partial charge in [0.15, 0.2) is 0 Å². The highest BCUT2D eigenvalue weighted by molar-refractivity contribution is 4.86. The normalized spacial score (nSPS) is 39.8. The predicted octanol–water partition coefficient (Wildman–Crippen LogP) is 2.91. The van der Waals surface area contributed by atoms with Crippen LogP contribution in [0.3, 0.4) is 0 Å². The van der Waals surface area contributed by atoms with Gasteiger partial charge in [-0.3, -0.25) is 0 Å². The van der Waals surface area contributed by atoms with Crippen LogP contribution in [-0.4, -0.2) is 13.1 Å². The van der Waals surface area contributed by atoms with Gasteiger partial charge in [0.1, 0.15) is 0 Å². The van der Waals surface area contributed by atoms with Crippen molar-refractivity contribution in [2.24, 2.45) is 17.8 Å². The van der Waals surface area contributed by atoms with Crippen molar-refractivity contribution in [1.82, 2.24) is 5.32 Å². The topological polar surface area (TPSA) is 12.0 Å². The molecule has 12 heavy (non-hydrogen) atoms. The van der Waals surface area contributed by atoms with E-state index in [1.807, 2.05) is 13.8 Å². The zero-order valence-electron chi connectivity index (χ0n) is 8.77. The van der Waals surface area contributed by atoms with Gasteiger partial charge in [0.25, 0.3) is 0 Å². The molecule has 2 fully saturated rings. The molecule has 74 valence electrons. The largest absolute Gasteiger partial charge is 0.316 e. The van der Waals surface area contributed by atoms with Crippen LogP contribution >= 0.6 is 0 Å². The number of hydrogen-bond donors (Lipinski definition) is 1. The summed E-state index contributed by atoms with van der Waals surface area (Å²) in [7, 11) is 0. The monoisotopic (exact) mass is 171 g/mol. The average Bonchev–Trinajstić information content (AvgIpc) is 2.48. The number of nitrogens with one attached hydrogen (secondary N) is 1. The molecule has 1 nitrogen and oxygen atoms in total. The first-order valence-electron chi connectivity index (χ1n) is 5.57.